The first-order valence-corrected chi connectivity index (χ1v) is 11.1. The van der Waals surface area contributed by atoms with Gasteiger partial charge in [-0.1, -0.05) is 22.4 Å². The van der Waals surface area contributed by atoms with E-state index in [0.717, 1.165) is 43.8 Å². The second-order valence-electron chi connectivity index (χ2n) is 6.25. The summed E-state index contributed by atoms with van der Waals surface area (Å²) in [7, 11) is 0. The van der Waals surface area contributed by atoms with E-state index in [0.29, 0.717) is 13.0 Å². The third-order valence-corrected chi connectivity index (χ3v) is 6.76. The maximum atomic E-state index is 11.9. The molecule has 1 fully saturated rings. The minimum Gasteiger partial charge on any atom is -0.494 e. The van der Waals surface area contributed by atoms with Gasteiger partial charge in [-0.2, -0.15) is 0 Å². The lowest BCUT2D eigenvalue weighted by Crippen LogP contribution is -2.46. The van der Waals surface area contributed by atoms with Gasteiger partial charge in [-0.05, 0) is 72.6 Å². The molecule has 2 atom stereocenters. The van der Waals surface area contributed by atoms with Gasteiger partial charge in [0.05, 0.1) is 16.4 Å². The molecule has 1 saturated heterocycles. The largest absolute Gasteiger partial charge is 0.494 e. The molecular formula is C19H21Br2NO3S. The number of likely N-dealkylation sites (tertiary alicyclic amines) is 1. The molecule has 0 amide bonds. The summed E-state index contributed by atoms with van der Waals surface area (Å²) >= 11 is 8.76. The molecule has 2 unspecified atom stereocenters. The fraction of sp³-hybridized carbons (Fsp3) is 0.421. The summed E-state index contributed by atoms with van der Waals surface area (Å²) in [6, 6.07) is 9.43. The number of hydrogen-bond donors (Lipinski definition) is 1. The van der Waals surface area contributed by atoms with Crippen LogP contribution in [0.5, 0.6) is 5.75 Å². The predicted molar refractivity (Wildman–Crippen MR) is 111 cm³/mol. The van der Waals surface area contributed by atoms with Crippen molar-refractivity contribution in [1.82, 2.24) is 4.90 Å². The molecule has 2 heterocycles. The number of aliphatic carboxylic acids is 1. The van der Waals surface area contributed by atoms with Gasteiger partial charge in [-0.25, -0.2) is 0 Å². The Morgan fingerprint density at radius 2 is 2.15 bits per heavy atom. The maximum absolute atomic E-state index is 11.9. The summed E-state index contributed by atoms with van der Waals surface area (Å²) in [5.41, 5.74) is 1.00. The summed E-state index contributed by atoms with van der Waals surface area (Å²) in [5.74, 6) is 0.0539. The number of nitrogens with zero attached hydrogens (tertiary/aromatic N) is 1. The highest BCUT2D eigenvalue weighted by Gasteiger charge is 2.37. The number of hydrogen-bond acceptors (Lipinski definition) is 4. The van der Waals surface area contributed by atoms with E-state index in [2.05, 4.69) is 48.9 Å². The van der Waals surface area contributed by atoms with Gasteiger partial charge in [-0.15, -0.1) is 11.3 Å². The van der Waals surface area contributed by atoms with Gasteiger partial charge in [0.1, 0.15) is 11.8 Å². The number of rotatable bonds is 6. The molecule has 1 aliphatic heterocycles. The second kappa shape index (κ2) is 8.87. The first-order chi connectivity index (χ1) is 12.5. The van der Waals surface area contributed by atoms with Crippen molar-refractivity contribution in [1.29, 1.82) is 0 Å². The Kier molecular flexibility index (Phi) is 6.77. The number of thiophene rings is 1. The van der Waals surface area contributed by atoms with Crippen LogP contribution in [0.2, 0.25) is 0 Å². The molecule has 0 bridgehead atoms. The van der Waals surface area contributed by atoms with Crippen molar-refractivity contribution < 1.29 is 14.6 Å². The van der Waals surface area contributed by atoms with E-state index in [1.165, 1.54) is 0 Å². The first kappa shape index (κ1) is 19.9. The Bertz CT molecular complexity index is 780. The van der Waals surface area contributed by atoms with Crippen LogP contribution in [0, 0.1) is 0 Å². The van der Waals surface area contributed by atoms with E-state index in [4.69, 9.17) is 4.74 Å². The Hall–Kier alpha value is -0.890. The van der Waals surface area contributed by atoms with Crippen LogP contribution in [0.25, 0.3) is 0 Å². The van der Waals surface area contributed by atoms with Gasteiger partial charge in [0, 0.05) is 14.9 Å². The topological polar surface area (TPSA) is 49.8 Å². The van der Waals surface area contributed by atoms with Gasteiger partial charge in [0.2, 0.25) is 0 Å². The molecule has 0 aliphatic carbocycles. The third-order valence-electron chi connectivity index (χ3n) is 4.59. The van der Waals surface area contributed by atoms with Crippen LogP contribution in [0.1, 0.15) is 42.7 Å². The Balaban J connectivity index is 2.13. The minimum atomic E-state index is -0.752. The van der Waals surface area contributed by atoms with Crippen molar-refractivity contribution in [3.05, 3.63) is 49.0 Å². The standard InChI is InChI=1S/C19H21Br2NO3S/c1-2-25-15-7-6-12(20)11-13(15)18(16-8-9-17(21)26-16)22-10-4-3-5-14(22)19(23)24/h6-9,11,14,18H,2-5,10H2,1H3,(H,23,24). The summed E-state index contributed by atoms with van der Waals surface area (Å²) in [6.45, 7) is 3.29. The van der Waals surface area contributed by atoms with Crippen LogP contribution in [0.4, 0.5) is 0 Å². The molecule has 1 aliphatic rings. The maximum Gasteiger partial charge on any atom is 0.320 e. The van der Waals surface area contributed by atoms with E-state index < -0.39 is 12.0 Å². The van der Waals surface area contributed by atoms with Crippen molar-refractivity contribution >= 4 is 49.2 Å². The molecule has 1 aromatic carbocycles. The zero-order chi connectivity index (χ0) is 18.7. The van der Waals surface area contributed by atoms with Crippen molar-refractivity contribution in [2.45, 2.75) is 38.3 Å². The monoisotopic (exact) mass is 501 g/mol. The third kappa shape index (κ3) is 4.32. The van der Waals surface area contributed by atoms with Crippen LogP contribution in [-0.4, -0.2) is 35.2 Å². The van der Waals surface area contributed by atoms with Crippen LogP contribution in [-0.2, 0) is 4.79 Å². The van der Waals surface area contributed by atoms with Gasteiger partial charge in [0.25, 0.3) is 0 Å². The van der Waals surface area contributed by atoms with Crippen molar-refractivity contribution in [2.75, 3.05) is 13.2 Å². The molecule has 0 radical (unpaired) electrons. The molecule has 26 heavy (non-hydrogen) atoms. The van der Waals surface area contributed by atoms with Crippen LogP contribution >= 0.6 is 43.2 Å². The average molecular weight is 503 g/mol. The van der Waals surface area contributed by atoms with Crippen molar-refractivity contribution in [3.63, 3.8) is 0 Å². The molecule has 7 heteroatoms. The van der Waals surface area contributed by atoms with Crippen LogP contribution in [0.3, 0.4) is 0 Å². The highest BCUT2D eigenvalue weighted by molar-refractivity contribution is 9.11. The van der Waals surface area contributed by atoms with E-state index in [-0.39, 0.29) is 6.04 Å². The number of benzene rings is 1. The normalized spacial score (nSPS) is 19.3. The smallest absolute Gasteiger partial charge is 0.320 e. The highest BCUT2D eigenvalue weighted by atomic mass is 79.9. The van der Waals surface area contributed by atoms with Crippen LogP contribution in [0.15, 0.2) is 38.6 Å². The Morgan fingerprint density at radius 1 is 1.35 bits per heavy atom. The molecule has 0 saturated carbocycles. The molecule has 140 valence electrons. The SMILES string of the molecule is CCOc1ccc(Br)cc1C(c1ccc(Br)s1)N1CCCCC1C(=O)O. The number of carbonyl (C=O) groups is 1. The summed E-state index contributed by atoms with van der Waals surface area (Å²) in [6.07, 6.45) is 2.63. The Labute approximate surface area is 174 Å². The summed E-state index contributed by atoms with van der Waals surface area (Å²) < 4.78 is 7.88. The molecule has 1 aromatic heterocycles. The fourth-order valence-electron chi connectivity index (χ4n) is 3.52. The van der Waals surface area contributed by atoms with Gasteiger partial charge >= 0.3 is 5.97 Å². The minimum absolute atomic E-state index is 0.147. The Morgan fingerprint density at radius 3 is 2.81 bits per heavy atom. The summed E-state index contributed by atoms with van der Waals surface area (Å²) in [4.78, 5) is 15.2. The van der Waals surface area contributed by atoms with E-state index in [9.17, 15) is 9.90 Å². The first-order valence-electron chi connectivity index (χ1n) is 8.67. The number of carboxylic acids is 1. The predicted octanol–water partition coefficient (Wildman–Crippen LogP) is 5.70. The van der Waals surface area contributed by atoms with E-state index in [1.807, 2.05) is 25.1 Å². The fourth-order valence-corrected chi connectivity index (χ4v) is 5.46. The number of ether oxygens (including phenoxy) is 1. The molecule has 4 nitrogen and oxygen atoms in total. The molecule has 0 spiro atoms. The molecular weight excluding hydrogens is 482 g/mol. The van der Waals surface area contributed by atoms with Gasteiger partial charge in [-0.3, -0.25) is 9.69 Å². The van der Waals surface area contributed by atoms with Crippen molar-refractivity contribution in [2.24, 2.45) is 0 Å². The highest BCUT2D eigenvalue weighted by Crippen LogP contribution is 2.42. The average Bonchev–Trinajstić information content (AvgIpc) is 3.04. The quantitative estimate of drug-likeness (QED) is 0.550. The molecule has 1 N–H and O–H groups in total. The van der Waals surface area contributed by atoms with E-state index >= 15 is 0 Å². The molecule has 2 aromatic rings. The van der Waals surface area contributed by atoms with Gasteiger partial charge < -0.3 is 9.84 Å². The zero-order valence-corrected chi connectivity index (χ0v) is 18.4. The number of carboxylic acid groups (broad SMARTS) is 1. The van der Waals surface area contributed by atoms with Crippen LogP contribution < -0.4 is 4.74 Å². The van der Waals surface area contributed by atoms with E-state index in [1.54, 1.807) is 11.3 Å². The lowest BCUT2D eigenvalue weighted by atomic mass is 9.95. The lowest BCUT2D eigenvalue weighted by molar-refractivity contribution is -0.145. The van der Waals surface area contributed by atoms with Crippen molar-refractivity contribution in [3.8, 4) is 5.75 Å². The number of halogens is 2. The second-order valence-corrected chi connectivity index (χ2v) is 9.66. The summed E-state index contributed by atoms with van der Waals surface area (Å²) in [5, 5.41) is 9.80. The lowest BCUT2D eigenvalue weighted by Gasteiger charge is -2.39. The van der Waals surface area contributed by atoms with Gasteiger partial charge in [0.15, 0.2) is 0 Å². The number of piperidine rings is 1. The zero-order valence-electron chi connectivity index (χ0n) is 14.5. The molecule has 3 rings (SSSR count).